The summed E-state index contributed by atoms with van der Waals surface area (Å²) in [4.78, 5) is 25.6. The van der Waals surface area contributed by atoms with Crippen molar-refractivity contribution in [2.75, 3.05) is 18.1 Å². The summed E-state index contributed by atoms with van der Waals surface area (Å²) in [7, 11) is 11.6. The van der Waals surface area contributed by atoms with Crippen LogP contribution in [0.2, 0.25) is 0 Å². The summed E-state index contributed by atoms with van der Waals surface area (Å²) in [5, 5.41) is 0. The molecule has 0 aliphatic carbocycles. The first-order chi connectivity index (χ1) is 44.1. The number of hydrogen-bond donors (Lipinski definition) is 0. The normalized spacial score (nSPS) is 16.4. The third-order valence-corrected chi connectivity index (χ3v) is 16.0. The van der Waals surface area contributed by atoms with Gasteiger partial charge in [0.1, 0.15) is 0 Å². The number of anilines is 1. The zero-order chi connectivity index (χ0) is 70.3. The number of aryl methyl sites for hydroxylation is 2. The van der Waals surface area contributed by atoms with Crippen molar-refractivity contribution in [2.45, 2.75) is 300 Å². The fourth-order valence-electron chi connectivity index (χ4n) is 10.2. The first-order valence-corrected chi connectivity index (χ1v) is 37.2. The summed E-state index contributed by atoms with van der Waals surface area (Å²) in [6.45, 7) is 26.0. The molecular weight excluding hydrogens is 1120 g/mol. The van der Waals surface area contributed by atoms with Gasteiger partial charge in [-0.05, 0) is 147 Å². The molecule has 2 aromatic rings. The van der Waals surface area contributed by atoms with Crippen molar-refractivity contribution in [3.8, 4) is 5.75 Å². The van der Waals surface area contributed by atoms with Gasteiger partial charge in [-0.15, -0.1) is 5.41 Å². The number of hydrogen-bond acceptors (Lipinski definition) is 6. The van der Waals surface area contributed by atoms with Crippen molar-refractivity contribution in [2.24, 2.45) is 5.41 Å². The van der Waals surface area contributed by atoms with E-state index < -0.39 is 13.5 Å². The zero-order valence-electron chi connectivity index (χ0n) is 64.1. The molecule has 1 fully saturated rings. The molecule has 9 heteroatoms. The Morgan fingerprint density at radius 1 is 0.713 bits per heavy atom. The van der Waals surface area contributed by atoms with E-state index in [1.54, 1.807) is 0 Å². The van der Waals surface area contributed by atoms with Crippen molar-refractivity contribution in [1.82, 2.24) is 0 Å². The number of rotatable bonds is 28. The number of nitrogens with zero attached hydrogens (tertiary/aromatic N) is 1. The molecule has 0 atom stereocenters. The summed E-state index contributed by atoms with van der Waals surface area (Å²) in [5.41, 5.74) is 5.89. The van der Waals surface area contributed by atoms with Crippen molar-refractivity contribution in [3.05, 3.63) is 102 Å². The Labute approximate surface area is 525 Å². The van der Waals surface area contributed by atoms with Crippen LogP contribution in [-0.4, -0.2) is 41.4 Å². The van der Waals surface area contributed by atoms with Gasteiger partial charge in [0.2, 0.25) is 0 Å². The molecule has 0 aromatic heterocycles. The van der Waals surface area contributed by atoms with Gasteiger partial charge < -0.3 is 14.4 Å². The second-order valence-corrected chi connectivity index (χ2v) is 29.0. The third-order valence-electron chi connectivity index (χ3n) is 14.2. The van der Waals surface area contributed by atoms with Crippen LogP contribution in [0.3, 0.4) is 0 Å². The Bertz CT molecular complexity index is 1980. The second-order valence-electron chi connectivity index (χ2n) is 23.3. The van der Waals surface area contributed by atoms with Gasteiger partial charge in [0, 0.05) is 41.9 Å². The van der Waals surface area contributed by atoms with Gasteiger partial charge in [-0.3, -0.25) is 9.59 Å². The maximum atomic E-state index is 11.7. The Kier molecular flexibility index (Phi) is 42.1. The average Bonchev–Trinajstić information content (AvgIpc) is 1.60. The molecule has 6 nitrogen and oxygen atoms in total. The average molecular weight is 1260 g/mol. The third kappa shape index (κ3) is 41.3. The summed E-state index contributed by atoms with van der Waals surface area (Å²) in [6.07, 6.45) is 52.7. The molecule has 2 heterocycles. The Hall–Kier alpha value is -2.73. The monoisotopic (exact) mass is 1260 g/mol. The second kappa shape index (κ2) is 50.8. The molecule has 2 aliphatic rings. The topological polar surface area (TPSA) is 65.1 Å². The summed E-state index contributed by atoms with van der Waals surface area (Å²) >= 11 is -1.77. The van der Waals surface area contributed by atoms with Gasteiger partial charge in [-0.1, -0.05) is 181 Å². The zero-order valence-corrected chi connectivity index (χ0v) is 55.3. The summed E-state index contributed by atoms with van der Waals surface area (Å²) in [6, 6.07) is 14.5. The largest absolute Gasteiger partial charge is 0.517 e. The number of carbonyl (C=O) groups excluding carboxylic acids is 2. The summed E-state index contributed by atoms with van der Waals surface area (Å²) in [5.74, 6) is 0.841. The molecule has 80 heavy (non-hydrogen) atoms. The van der Waals surface area contributed by atoms with Crippen LogP contribution < -0.4 is 9.64 Å². The van der Waals surface area contributed by atoms with Crippen LogP contribution in [0.5, 0.6) is 5.75 Å². The Morgan fingerprint density at radius 3 is 1.81 bits per heavy atom. The molecule has 2 aromatic carbocycles. The molecule has 0 spiro atoms. The fraction of sp³-hybridized carbons (Fsp3) is 0.690. The SMILES string of the molecule is C.CC(C)Oc1ccccc1[CH]=[Ru]([Cl])[Cl].CC/C=C\CCCCCOC(=O)CCCCCCC/C=C\CCCCCCCC.CCc1cccc(CC)c1N1[CH-]C(C)(C)CC1(C)C.O=C1CCCCCCCC=CCCCCCO1.[2H][2H].[2H][2H].[2H][2H].[2H][2H].[2H][2H].[2H][2H]. The van der Waals surface area contributed by atoms with Crippen molar-refractivity contribution in [1.29, 1.82) is 0 Å². The molecular formula is C71H132Cl2NO5Ru-. The van der Waals surface area contributed by atoms with E-state index in [0.29, 0.717) is 26.1 Å². The smallest absolute Gasteiger partial charge is 0.305 e. The maximum Gasteiger partial charge on any atom is 0.305 e. The molecule has 0 N–H and O–H groups in total. The number of carbonyl (C=O) groups is 2. The standard InChI is InChI=1S/C27H50O2.C18H28N.C15H26O2.C10H12O.CH4.2ClH.Ru.6H2/c1-3-5-7-9-11-12-13-14-15-16-17-18-19-21-23-25-27(28)29-26-24-22-20-10-8-6-4-2;1-7-14-10-9-11-15(8-2)16(14)19-13-17(3,4)12-18(19,5)6;16-15-13-11-9-7-5-3-1-2-4-6-8-10-12-14-17-15;1-8(2)11-10-7-5-4-6-9(10)3;;;;;;;;;;/h6,8,14-15H,3-5,7,9-13,16-26H2,1-2H3;9-11,13H,7-8,12H2,1-6H3;2,4H,1,3,5-14H2;3-8H,1-2H3;1H4;2*1H;;6*1H/q;-1;;;;;;+2;;;;;;/p-2/b8-6-,15-14-;;;;;;;;;;;;;/i;;;;;;;;6*1+1D. The minimum Gasteiger partial charge on any atom is -0.517 e. The van der Waals surface area contributed by atoms with Gasteiger partial charge in [-0.2, -0.15) is 0 Å². The van der Waals surface area contributed by atoms with E-state index in [0.717, 1.165) is 81.9 Å². The molecule has 0 radical (unpaired) electrons. The number of para-hydroxylation sites is 2. The van der Waals surface area contributed by atoms with Crippen molar-refractivity contribution in [3.63, 3.8) is 0 Å². The van der Waals surface area contributed by atoms with E-state index in [4.69, 9.17) is 51.4 Å². The van der Waals surface area contributed by atoms with Crippen LogP contribution >= 0.6 is 19.4 Å². The number of unbranched alkanes of at least 4 members (excludes halogenated alkanes) is 14. The predicted octanol–water partition coefficient (Wildman–Crippen LogP) is 24.1. The van der Waals surface area contributed by atoms with Crippen molar-refractivity contribution >= 4 is 41.6 Å². The Balaban J connectivity index is -0.000000203. The number of allylic oxidation sites excluding steroid dienone is 6. The van der Waals surface area contributed by atoms with Gasteiger partial charge in [0.15, 0.2) is 0 Å². The molecule has 0 unspecified atom stereocenters. The van der Waals surface area contributed by atoms with Gasteiger partial charge in [0.25, 0.3) is 0 Å². The minimum atomic E-state index is -1.77. The number of halogens is 2. The van der Waals surface area contributed by atoms with Gasteiger partial charge >= 0.3 is 110 Å². The van der Waals surface area contributed by atoms with Gasteiger partial charge in [0.05, 0.1) is 13.2 Å². The molecule has 0 saturated carbocycles. The number of ether oxygens (including phenoxy) is 3. The fourth-order valence-corrected chi connectivity index (χ4v) is 12.0. The molecule has 4 rings (SSSR count). The van der Waals surface area contributed by atoms with Gasteiger partial charge in [-0.25, -0.2) is 6.54 Å². The first-order valence-electron chi connectivity index (χ1n) is 37.7. The number of cyclic esters (lactones) is 1. The molecule has 1 saturated heterocycles. The molecule has 0 bridgehead atoms. The summed E-state index contributed by atoms with van der Waals surface area (Å²) < 4.78 is 78.0. The van der Waals surface area contributed by atoms with Crippen LogP contribution in [0.1, 0.15) is 310 Å². The van der Waals surface area contributed by atoms with E-state index in [9.17, 15) is 9.59 Å². The maximum absolute atomic E-state index is 11.7. The van der Waals surface area contributed by atoms with E-state index in [-0.39, 0.29) is 36.4 Å². The van der Waals surface area contributed by atoms with E-state index >= 15 is 0 Å². The van der Waals surface area contributed by atoms with E-state index in [1.807, 2.05) is 42.7 Å². The predicted molar refractivity (Wildman–Crippen MR) is 362 cm³/mol. The first kappa shape index (κ1) is 66.4. The van der Waals surface area contributed by atoms with Crippen LogP contribution in [0.25, 0.3) is 0 Å². The van der Waals surface area contributed by atoms with E-state index in [1.165, 1.54) is 145 Å². The van der Waals surface area contributed by atoms with E-state index in [2.05, 4.69) is 121 Å². The van der Waals surface area contributed by atoms with Crippen molar-refractivity contribution < 1.29 is 55.1 Å². The number of esters is 2. The van der Waals surface area contributed by atoms with Crippen LogP contribution in [0.4, 0.5) is 5.69 Å². The quantitative estimate of drug-likeness (QED) is 0.0278. The number of benzene rings is 2. The van der Waals surface area contributed by atoms with Crippen LogP contribution in [0, 0.1) is 12.0 Å². The molecule has 2 aliphatic heterocycles. The Morgan fingerprint density at radius 2 is 1.25 bits per heavy atom. The minimum absolute atomic E-state index is 0. The molecule has 474 valence electrons. The van der Waals surface area contributed by atoms with Crippen LogP contribution in [-0.2, 0) is 45.4 Å². The van der Waals surface area contributed by atoms with Crippen LogP contribution in [0.15, 0.2) is 78.9 Å². The molecule has 0 amide bonds.